The maximum atomic E-state index is 12.9. The zero-order valence-corrected chi connectivity index (χ0v) is 58.0. The van der Waals surface area contributed by atoms with Crippen molar-refractivity contribution in [1.29, 1.82) is 0 Å². The molecule has 13 heteroatoms. The summed E-state index contributed by atoms with van der Waals surface area (Å²) >= 11 is 0. The lowest BCUT2D eigenvalue weighted by molar-refractivity contribution is -0.154. The molecule has 0 rings (SSSR count). The van der Waals surface area contributed by atoms with E-state index in [0.29, 0.717) is 57.5 Å². The van der Waals surface area contributed by atoms with Crippen molar-refractivity contribution >= 4 is 42.4 Å². The monoisotopic (exact) mass is 1200 g/mol. The van der Waals surface area contributed by atoms with Gasteiger partial charge in [0.15, 0.2) is 0 Å². The smallest absolute Gasteiger partial charge is 0.306 e. The summed E-state index contributed by atoms with van der Waals surface area (Å²) in [5, 5.41) is 0. The maximum Gasteiger partial charge on any atom is 0.306 e. The number of ether oxygens (including phenoxy) is 6. The Kier molecular flexibility index (Phi) is 87.1. The number of aldehydes is 2. The Bertz CT molecular complexity index is 1330. The van der Waals surface area contributed by atoms with Gasteiger partial charge in [-0.3, -0.25) is 24.0 Å². The molecule has 0 aromatic carbocycles. The van der Waals surface area contributed by atoms with E-state index in [4.69, 9.17) is 23.7 Å². The number of hydrogen-bond acceptors (Lipinski definition) is 13. The second-order valence-electron chi connectivity index (χ2n) is 22.6. The standard InChI is InChI=1S/C33H62O6.C18H32O4.C9H20O.C5H10O2.C4H10.C2H6/c1-7-11-13-15-17-19-21-37-31(34)23-28(24-32(35)38-22-20-18-16-14-12-8-2)25-33(36)39-30(10-4)26-29(9-3)27(5)6;1-2-3-4-5-6-10-15-22-18(21)16-17(12-14-20)11-8-7-9-13-19;1-3-4-5-6-7-8-9-10-2;1-3-4-7-5(2)6;1-3-4-2;1-2/h27-30H,7-26H2,1-6H3;13-14,17H,2-12,15-16H2,1H3;3-9H2,1-2H3;3-4H2,1-2H3;3-4H2,1-2H3;1-2H3/t29-,30?;;;;;/m1...../s1. The van der Waals surface area contributed by atoms with Crippen LogP contribution in [0.25, 0.3) is 0 Å². The molecule has 0 N–H and O–H groups in total. The first-order chi connectivity index (χ1) is 40.6. The van der Waals surface area contributed by atoms with E-state index in [1.807, 2.05) is 27.7 Å². The van der Waals surface area contributed by atoms with Gasteiger partial charge in [0, 0.05) is 59.2 Å². The van der Waals surface area contributed by atoms with Gasteiger partial charge < -0.3 is 38.0 Å². The van der Waals surface area contributed by atoms with E-state index in [0.717, 1.165) is 115 Å². The highest BCUT2D eigenvalue weighted by molar-refractivity contribution is 5.76. The van der Waals surface area contributed by atoms with Gasteiger partial charge in [-0.05, 0) is 81.5 Å². The summed E-state index contributed by atoms with van der Waals surface area (Å²) in [5.41, 5.74) is 0. The lowest BCUT2D eigenvalue weighted by atomic mass is 9.87. The molecular formula is C71H140O13. The number of rotatable bonds is 52. The van der Waals surface area contributed by atoms with Crippen LogP contribution in [0.4, 0.5) is 0 Å². The molecule has 0 amide bonds. The summed E-state index contributed by atoms with van der Waals surface area (Å²) in [5.74, 6) is -0.857. The molecule has 2 unspecified atom stereocenters. The summed E-state index contributed by atoms with van der Waals surface area (Å²) in [6, 6.07) is 0. The SMILES string of the molecule is CC.CCCC.CCCCCCCCOC.CCCCCCCCOC(=O)CC(CC(=O)OCCCCCCCC)CC(=O)OC(CC)C[C@@H](CC)C(C)C.CCCCCCCCOC(=O)CC(CC=O)CCCCC=O.CCCOC(C)=O. The minimum atomic E-state index is -0.476. The molecule has 0 saturated heterocycles. The fourth-order valence-electron chi connectivity index (χ4n) is 8.69. The van der Waals surface area contributed by atoms with Crippen LogP contribution < -0.4 is 0 Å². The van der Waals surface area contributed by atoms with Crippen molar-refractivity contribution in [2.24, 2.45) is 23.7 Å². The van der Waals surface area contributed by atoms with E-state index in [9.17, 15) is 33.6 Å². The second kappa shape index (κ2) is 79.7. The quantitative estimate of drug-likeness (QED) is 0.0244. The Balaban J connectivity index is -0.000000279. The van der Waals surface area contributed by atoms with Crippen molar-refractivity contribution in [3.8, 4) is 0 Å². The molecule has 0 fully saturated rings. The predicted molar refractivity (Wildman–Crippen MR) is 351 cm³/mol. The summed E-state index contributed by atoms with van der Waals surface area (Å²) in [7, 11) is 1.77. The fourth-order valence-corrected chi connectivity index (χ4v) is 8.69. The Labute approximate surface area is 519 Å². The van der Waals surface area contributed by atoms with Gasteiger partial charge in [0.1, 0.15) is 18.7 Å². The topological polar surface area (TPSA) is 175 Å². The zero-order chi connectivity index (χ0) is 64.5. The number of carbonyl (C=O) groups excluding carboxylic acids is 7. The van der Waals surface area contributed by atoms with Crippen molar-refractivity contribution < 1.29 is 62.0 Å². The van der Waals surface area contributed by atoms with Crippen molar-refractivity contribution in [1.82, 2.24) is 0 Å². The largest absolute Gasteiger partial charge is 0.466 e. The van der Waals surface area contributed by atoms with Gasteiger partial charge >= 0.3 is 29.8 Å². The van der Waals surface area contributed by atoms with E-state index in [1.165, 1.54) is 122 Å². The first-order valence-electron chi connectivity index (χ1n) is 34.8. The second-order valence-corrected chi connectivity index (χ2v) is 22.6. The molecule has 3 atom stereocenters. The molecule has 502 valence electrons. The zero-order valence-electron chi connectivity index (χ0n) is 58.0. The van der Waals surface area contributed by atoms with Gasteiger partial charge in [-0.2, -0.15) is 0 Å². The fraction of sp³-hybridized carbons (Fsp3) is 0.901. The molecule has 0 saturated carbocycles. The highest BCUT2D eigenvalue weighted by Gasteiger charge is 2.26. The number of methoxy groups -OCH3 is 1. The number of carbonyl (C=O) groups is 7. The van der Waals surface area contributed by atoms with Gasteiger partial charge in [-0.1, -0.05) is 244 Å². The molecule has 0 bridgehead atoms. The lowest BCUT2D eigenvalue weighted by Gasteiger charge is -2.25. The van der Waals surface area contributed by atoms with Crippen LogP contribution >= 0.6 is 0 Å². The average Bonchev–Trinajstić information content (AvgIpc) is 3.52. The van der Waals surface area contributed by atoms with E-state index >= 15 is 0 Å². The highest BCUT2D eigenvalue weighted by Crippen LogP contribution is 2.25. The van der Waals surface area contributed by atoms with E-state index in [1.54, 1.807) is 7.11 Å². The first kappa shape index (κ1) is 91.8. The van der Waals surface area contributed by atoms with Crippen molar-refractivity contribution in [3.63, 3.8) is 0 Å². The number of unbranched alkanes of at least 4 members (excludes halogenated alkanes) is 23. The van der Waals surface area contributed by atoms with E-state index in [2.05, 4.69) is 67.1 Å². The van der Waals surface area contributed by atoms with Crippen LogP contribution in [0.3, 0.4) is 0 Å². The predicted octanol–water partition coefficient (Wildman–Crippen LogP) is 20.0. The van der Waals surface area contributed by atoms with Crippen molar-refractivity contribution in [3.05, 3.63) is 0 Å². The van der Waals surface area contributed by atoms with Gasteiger partial charge in [-0.25, -0.2) is 0 Å². The average molecular weight is 1200 g/mol. The summed E-state index contributed by atoms with van der Waals surface area (Å²) in [4.78, 5) is 80.6. The Morgan fingerprint density at radius 2 is 0.774 bits per heavy atom. The highest BCUT2D eigenvalue weighted by atomic mass is 16.6. The van der Waals surface area contributed by atoms with Crippen LogP contribution in [0.2, 0.25) is 0 Å². The summed E-state index contributed by atoms with van der Waals surface area (Å²) in [6.07, 6.45) is 40.1. The maximum absolute atomic E-state index is 12.9. The molecule has 13 nitrogen and oxygen atoms in total. The van der Waals surface area contributed by atoms with Crippen LogP contribution in [0.15, 0.2) is 0 Å². The van der Waals surface area contributed by atoms with Gasteiger partial charge in [-0.15, -0.1) is 0 Å². The molecule has 0 aliphatic rings. The molecule has 0 aromatic rings. The first-order valence-corrected chi connectivity index (χ1v) is 34.8. The minimum absolute atomic E-state index is 0.0210. The molecule has 0 heterocycles. The van der Waals surface area contributed by atoms with E-state index < -0.39 is 5.92 Å². The minimum Gasteiger partial charge on any atom is -0.466 e. The Morgan fingerprint density at radius 1 is 0.393 bits per heavy atom. The molecular weight excluding hydrogens is 1060 g/mol. The number of esters is 5. The van der Waals surface area contributed by atoms with E-state index in [-0.39, 0.29) is 61.1 Å². The van der Waals surface area contributed by atoms with Crippen LogP contribution in [0.1, 0.15) is 347 Å². The third kappa shape index (κ3) is 80.7. The molecule has 0 radical (unpaired) electrons. The summed E-state index contributed by atoms with van der Waals surface area (Å²) in [6.45, 7) is 31.9. The molecule has 0 aromatic heterocycles. The number of hydrogen-bond donors (Lipinski definition) is 0. The molecule has 84 heavy (non-hydrogen) atoms. The van der Waals surface area contributed by atoms with Gasteiger partial charge in [0.05, 0.1) is 26.4 Å². The third-order valence-corrected chi connectivity index (χ3v) is 14.2. The van der Waals surface area contributed by atoms with Gasteiger partial charge in [0.2, 0.25) is 0 Å². The van der Waals surface area contributed by atoms with Crippen LogP contribution in [0.5, 0.6) is 0 Å². The van der Waals surface area contributed by atoms with Crippen LogP contribution in [-0.2, 0) is 62.0 Å². The van der Waals surface area contributed by atoms with Gasteiger partial charge in [0.25, 0.3) is 0 Å². The Morgan fingerprint density at radius 3 is 1.08 bits per heavy atom. The van der Waals surface area contributed by atoms with Crippen molar-refractivity contribution in [2.75, 3.05) is 40.1 Å². The molecule has 0 aliphatic heterocycles. The van der Waals surface area contributed by atoms with Crippen LogP contribution in [0, 0.1) is 23.7 Å². The third-order valence-electron chi connectivity index (χ3n) is 14.2. The normalized spacial score (nSPS) is 11.4. The Hall–Kier alpha value is -3.35. The molecule has 0 aliphatic carbocycles. The van der Waals surface area contributed by atoms with Crippen molar-refractivity contribution in [2.45, 2.75) is 353 Å². The lowest BCUT2D eigenvalue weighted by Crippen LogP contribution is -2.26. The van der Waals surface area contributed by atoms with Crippen LogP contribution in [-0.4, -0.2) is 88.7 Å². The molecule has 0 spiro atoms. The summed E-state index contributed by atoms with van der Waals surface area (Å²) < 4.78 is 31.4.